The highest BCUT2D eigenvalue weighted by Gasteiger charge is 2.24. The lowest BCUT2D eigenvalue weighted by molar-refractivity contribution is -0.126. The Hall–Kier alpha value is -2.37. The lowest BCUT2D eigenvalue weighted by atomic mass is 9.98. The number of anilines is 1. The van der Waals surface area contributed by atoms with Gasteiger partial charge in [0.25, 0.3) is 0 Å². The fourth-order valence-corrected chi connectivity index (χ4v) is 2.13. The zero-order valence-corrected chi connectivity index (χ0v) is 12.5. The van der Waals surface area contributed by atoms with Gasteiger partial charge in [0, 0.05) is 13.1 Å². The second-order valence-corrected chi connectivity index (χ2v) is 5.17. The molecule has 0 fully saturated rings. The minimum atomic E-state index is -0.541. The van der Waals surface area contributed by atoms with E-state index < -0.39 is 6.04 Å². The van der Waals surface area contributed by atoms with E-state index in [0.717, 1.165) is 11.9 Å². The summed E-state index contributed by atoms with van der Waals surface area (Å²) in [6.45, 7) is 5.35. The molecule has 2 atom stereocenters. The van der Waals surface area contributed by atoms with Gasteiger partial charge in [-0.15, -0.1) is 0 Å². The van der Waals surface area contributed by atoms with Crippen molar-refractivity contribution in [2.24, 2.45) is 5.92 Å². The van der Waals surface area contributed by atoms with E-state index in [0.29, 0.717) is 5.69 Å². The number of carbonyl (C=O) groups is 2. The molecule has 2 heterocycles. The number of hydrogen-bond donors (Lipinski definition) is 2. The highest BCUT2D eigenvalue weighted by molar-refractivity contribution is 5.97. The average molecular weight is 288 g/mol. The molecule has 6 heteroatoms. The normalized spacial score (nSPS) is 13.7. The number of pyridine rings is 1. The molecule has 0 unspecified atom stereocenters. The zero-order chi connectivity index (χ0) is 15.4. The molecule has 0 aliphatic heterocycles. The molecular weight excluding hydrogens is 268 g/mol. The van der Waals surface area contributed by atoms with Gasteiger partial charge in [0.2, 0.25) is 11.8 Å². The maximum absolute atomic E-state index is 12.4. The zero-order valence-electron chi connectivity index (χ0n) is 12.5. The molecule has 2 rings (SSSR count). The summed E-state index contributed by atoms with van der Waals surface area (Å²) in [6, 6.07) is 5.03. The highest BCUT2D eigenvalue weighted by Crippen LogP contribution is 2.13. The highest BCUT2D eigenvalue weighted by atomic mass is 16.2. The van der Waals surface area contributed by atoms with Gasteiger partial charge in [0.15, 0.2) is 0 Å². The summed E-state index contributed by atoms with van der Waals surface area (Å²) < 4.78 is 1.69. The molecule has 21 heavy (non-hydrogen) atoms. The Bertz CT molecular complexity index is 650. The first-order valence-corrected chi connectivity index (χ1v) is 7.02. The van der Waals surface area contributed by atoms with Crippen LogP contribution in [0.15, 0.2) is 30.6 Å². The van der Waals surface area contributed by atoms with E-state index in [2.05, 4.69) is 15.7 Å². The van der Waals surface area contributed by atoms with Crippen LogP contribution in [-0.2, 0) is 9.59 Å². The van der Waals surface area contributed by atoms with Gasteiger partial charge in [-0.3, -0.25) is 9.59 Å². The van der Waals surface area contributed by atoms with E-state index in [4.69, 9.17) is 0 Å². The number of carbonyl (C=O) groups excluding carboxylic acids is 2. The molecule has 0 bridgehead atoms. The maximum Gasteiger partial charge on any atom is 0.247 e. The molecule has 6 nitrogen and oxygen atoms in total. The first kappa shape index (κ1) is 15.0. The number of nitrogens with one attached hydrogen (secondary N) is 2. The molecule has 0 aromatic carbocycles. The van der Waals surface area contributed by atoms with Crippen molar-refractivity contribution in [3.8, 4) is 0 Å². The molecule has 0 saturated carbocycles. The van der Waals surface area contributed by atoms with Crippen molar-refractivity contribution >= 4 is 23.0 Å². The first-order chi connectivity index (χ1) is 10.0. The molecule has 112 valence electrons. The Morgan fingerprint density at radius 2 is 2.10 bits per heavy atom. The third-order valence-corrected chi connectivity index (χ3v) is 3.52. The average Bonchev–Trinajstić information content (AvgIpc) is 2.91. The maximum atomic E-state index is 12.4. The predicted molar refractivity (Wildman–Crippen MR) is 80.9 cm³/mol. The molecule has 2 aromatic heterocycles. The van der Waals surface area contributed by atoms with Crippen LogP contribution in [0.25, 0.3) is 5.52 Å². The van der Waals surface area contributed by atoms with Crippen LogP contribution in [0.4, 0.5) is 5.69 Å². The van der Waals surface area contributed by atoms with Crippen molar-refractivity contribution in [2.75, 3.05) is 5.32 Å². The monoisotopic (exact) mass is 288 g/mol. The van der Waals surface area contributed by atoms with Gasteiger partial charge in [-0.05, 0) is 24.1 Å². The molecule has 2 N–H and O–H groups in total. The van der Waals surface area contributed by atoms with Gasteiger partial charge in [-0.1, -0.05) is 20.3 Å². The Morgan fingerprint density at radius 1 is 1.33 bits per heavy atom. The first-order valence-electron chi connectivity index (χ1n) is 7.02. The van der Waals surface area contributed by atoms with Crippen molar-refractivity contribution in [2.45, 2.75) is 33.2 Å². The molecule has 0 aliphatic carbocycles. The smallest absolute Gasteiger partial charge is 0.247 e. The van der Waals surface area contributed by atoms with Crippen molar-refractivity contribution in [3.63, 3.8) is 0 Å². The summed E-state index contributed by atoms with van der Waals surface area (Å²) in [5.74, 6) is -0.369. The number of nitrogens with zero attached hydrogens (tertiary/aromatic N) is 2. The van der Waals surface area contributed by atoms with E-state index in [-0.39, 0.29) is 17.7 Å². The lowest BCUT2D eigenvalue weighted by Gasteiger charge is -2.22. The van der Waals surface area contributed by atoms with Crippen LogP contribution in [0, 0.1) is 5.92 Å². The number of amides is 2. The largest absolute Gasteiger partial charge is 0.344 e. The fourth-order valence-electron chi connectivity index (χ4n) is 2.13. The van der Waals surface area contributed by atoms with Crippen LogP contribution in [0.5, 0.6) is 0 Å². The molecule has 0 saturated heterocycles. The molecular formula is C15H20N4O2. The van der Waals surface area contributed by atoms with Crippen LogP contribution >= 0.6 is 0 Å². The van der Waals surface area contributed by atoms with E-state index >= 15 is 0 Å². The van der Waals surface area contributed by atoms with Gasteiger partial charge in [-0.2, -0.15) is 5.10 Å². The fraction of sp³-hybridized carbons (Fsp3) is 0.400. The lowest BCUT2D eigenvalue weighted by Crippen LogP contribution is -2.46. The second-order valence-electron chi connectivity index (χ2n) is 5.17. The van der Waals surface area contributed by atoms with E-state index in [1.54, 1.807) is 16.9 Å². The molecule has 0 aliphatic rings. The number of fused-ring (bicyclic) bond motifs is 1. The quantitative estimate of drug-likeness (QED) is 0.881. The van der Waals surface area contributed by atoms with Crippen molar-refractivity contribution in [1.29, 1.82) is 0 Å². The number of aromatic nitrogens is 2. The van der Waals surface area contributed by atoms with Crippen molar-refractivity contribution in [3.05, 3.63) is 30.6 Å². The molecule has 0 radical (unpaired) electrons. The van der Waals surface area contributed by atoms with Gasteiger partial charge >= 0.3 is 0 Å². The third-order valence-electron chi connectivity index (χ3n) is 3.52. The Balaban J connectivity index is 2.14. The summed E-state index contributed by atoms with van der Waals surface area (Å²) in [7, 11) is 0. The summed E-state index contributed by atoms with van der Waals surface area (Å²) in [5, 5.41) is 9.67. The SMILES string of the molecule is CC[C@H](C)[C@H](NC(C)=O)C(=O)Nc1ccc2ccnn2c1. The van der Waals surface area contributed by atoms with E-state index in [1.165, 1.54) is 6.92 Å². The van der Waals surface area contributed by atoms with E-state index in [1.807, 2.05) is 32.0 Å². The molecule has 2 amide bonds. The van der Waals surface area contributed by atoms with E-state index in [9.17, 15) is 9.59 Å². The van der Waals surface area contributed by atoms with Crippen LogP contribution < -0.4 is 10.6 Å². The van der Waals surface area contributed by atoms with Gasteiger partial charge in [0.05, 0.1) is 17.4 Å². The summed E-state index contributed by atoms with van der Waals surface area (Å²) in [6.07, 6.45) is 4.24. The number of hydrogen-bond acceptors (Lipinski definition) is 3. The number of rotatable bonds is 5. The van der Waals surface area contributed by atoms with Crippen molar-refractivity contribution in [1.82, 2.24) is 14.9 Å². The van der Waals surface area contributed by atoms with Gasteiger partial charge in [0.1, 0.15) is 6.04 Å². The predicted octanol–water partition coefficient (Wildman–Crippen LogP) is 1.82. The summed E-state index contributed by atoms with van der Waals surface area (Å²) >= 11 is 0. The Kier molecular flexibility index (Phi) is 4.57. The van der Waals surface area contributed by atoms with Gasteiger partial charge < -0.3 is 10.6 Å². The standard InChI is InChI=1S/C15H20N4O2/c1-4-10(2)14(17-11(3)20)15(21)18-12-5-6-13-7-8-16-19(13)9-12/h5-10,14H,4H2,1-3H3,(H,17,20)(H,18,21)/t10-,14-/m0/s1. The minimum Gasteiger partial charge on any atom is -0.344 e. The second kappa shape index (κ2) is 6.39. The molecule has 2 aromatic rings. The Morgan fingerprint density at radius 3 is 2.76 bits per heavy atom. The van der Waals surface area contributed by atoms with Crippen LogP contribution in [-0.4, -0.2) is 27.5 Å². The molecule has 0 spiro atoms. The summed E-state index contributed by atoms with van der Waals surface area (Å²) in [4.78, 5) is 23.6. The summed E-state index contributed by atoms with van der Waals surface area (Å²) in [5.41, 5.74) is 1.60. The third kappa shape index (κ3) is 3.59. The minimum absolute atomic E-state index is 0.0577. The Labute approximate surface area is 123 Å². The van der Waals surface area contributed by atoms with Gasteiger partial charge in [-0.25, -0.2) is 4.52 Å². The van der Waals surface area contributed by atoms with Crippen molar-refractivity contribution < 1.29 is 9.59 Å². The van der Waals surface area contributed by atoms with Crippen LogP contribution in [0.2, 0.25) is 0 Å². The topological polar surface area (TPSA) is 75.5 Å². The van der Waals surface area contributed by atoms with Crippen LogP contribution in [0.3, 0.4) is 0 Å². The van der Waals surface area contributed by atoms with Crippen LogP contribution in [0.1, 0.15) is 27.2 Å².